The normalized spacial score (nSPS) is 10.5. The lowest BCUT2D eigenvalue weighted by Crippen LogP contribution is -2.05. The van der Waals surface area contributed by atoms with Crippen LogP contribution in [0.5, 0.6) is 0 Å². The number of nitrogens with zero attached hydrogens (tertiary/aromatic N) is 1. The lowest BCUT2D eigenvalue weighted by Gasteiger charge is -2.11. The first-order chi connectivity index (χ1) is 9.88. The molecule has 1 N–H and O–H groups in total. The van der Waals surface area contributed by atoms with Gasteiger partial charge in [0, 0.05) is 12.6 Å². The fourth-order valence-electron chi connectivity index (χ4n) is 1.77. The molecule has 0 aromatic heterocycles. The minimum Gasteiger partial charge on any atom is -0.378 e. The third-order valence-electron chi connectivity index (χ3n) is 2.70. The van der Waals surface area contributed by atoms with E-state index < -0.39 is 16.6 Å². The van der Waals surface area contributed by atoms with Gasteiger partial charge in [0.2, 0.25) is 0 Å². The molecule has 21 heavy (non-hydrogen) atoms. The van der Waals surface area contributed by atoms with E-state index in [-0.39, 0.29) is 33.5 Å². The highest BCUT2D eigenvalue weighted by Crippen LogP contribution is 2.32. The molecule has 2 aromatic rings. The summed E-state index contributed by atoms with van der Waals surface area (Å²) in [5, 5.41) is 13.7. The van der Waals surface area contributed by atoms with Gasteiger partial charge in [0.1, 0.15) is 11.6 Å². The molecular formula is C13H8Cl2F2N2O2. The molecule has 0 unspecified atom stereocenters. The summed E-state index contributed by atoms with van der Waals surface area (Å²) in [4.78, 5) is 10.3. The number of anilines is 1. The molecule has 0 radical (unpaired) electrons. The summed E-state index contributed by atoms with van der Waals surface area (Å²) in [6.07, 6.45) is 0. The monoisotopic (exact) mass is 332 g/mol. The maximum atomic E-state index is 13.2. The van der Waals surface area contributed by atoms with Crippen molar-refractivity contribution in [2.45, 2.75) is 6.54 Å². The van der Waals surface area contributed by atoms with E-state index in [9.17, 15) is 18.9 Å². The fourth-order valence-corrected chi connectivity index (χ4v) is 2.36. The summed E-state index contributed by atoms with van der Waals surface area (Å²) in [6.45, 7) is -0.0842. The molecule has 4 nitrogen and oxygen atoms in total. The molecule has 0 bridgehead atoms. The summed E-state index contributed by atoms with van der Waals surface area (Å²) in [5.74, 6) is -1.21. The zero-order chi connectivity index (χ0) is 15.6. The van der Waals surface area contributed by atoms with E-state index in [4.69, 9.17) is 23.2 Å². The van der Waals surface area contributed by atoms with Gasteiger partial charge in [0.05, 0.1) is 26.2 Å². The van der Waals surface area contributed by atoms with E-state index >= 15 is 0 Å². The number of benzene rings is 2. The summed E-state index contributed by atoms with van der Waals surface area (Å²) >= 11 is 11.7. The van der Waals surface area contributed by atoms with Crippen molar-refractivity contribution < 1.29 is 13.7 Å². The largest absolute Gasteiger partial charge is 0.378 e. The summed E-state index contributed by atoms with van der Waals surface area (Å²) < 4.78 is 26.3. The van der Waals surface area contributed by atoms with E-state index in [1.165, 1.54) is 0 Å². The van der Waals surface area contributed by atoms with Gasteiger partial charge in [-0.1, -0.05) is 23.2 Å². The van der Waals surface area contributed by atoms with Gasteiger partial charge in [-0.3, -0.25) is 10.1 Å². The quantitative estimate of drug-likeness (QED) is 0.646. The maximum Gasteiger partial charge on any atom is 0.274 e. The van der Waals surface area contributed by atoms with E-state index in [0.29, 0.717) is 0 Å². The van der Waals surface area contributed by atoms with Crippen LogP contribution in [0.2, 0.25) is 10.0 Å². The van der Waals surface area contributed by atoms with Crippen molar-refractivity contribution in [3.8, 4) is 0 Å². The third-order valence-corrected chi connectivity index (χ3v) is 3.30. The molecule has 0 aliphatic rings. The average Bonchev–Trinajstić information content (AvgIpc) is 2.37. The Hall–Kier alpha value is -1.92. The van der Waals surface area contributed by atoms with Crippen LogP contribution in [-0.2, 0) is 6.54 Å². The molecule has 0 aliphatic carbocycles. The molecule has 0 atom stereocenters. The lowest BCUT2D eigenvalue weighted by molar-refractivity contribution is -0.385. The smallest absolute Gasteiger partial charge is 0.274 e. The third kappa shape index (κ3) is 3.59. The van der Waals surface area contributed by atoms with Crippen molar-refractivity contribution in [2.75, 3.05) is 5.32 Å². The highest BCUT2D eigenvalue weighted by Gasteiger charge is 2.15. The number of nitro groups is 1. The minimum atomic E-state index is -0.621. The zero-order valence-corrected chi connectivity index (χ0v) is 11.9. The van der Waals surface area contributed by atoms with Crippen LogP contribution in [0.15, 0.2) is 30.3 Å². The predicted octanol–water partition coefficient (Wildman–Crippen LogP) is 4.79. The highest BCUT2D eigenvalue weighted by atomic mass is 35.5. The number of hydrogen-bond acceptors (Lipinski definition) is 3. The van der Waals surface area contributed by atoms with Crippen LogP contribution in [0.3, 0.4) is 0 Å². The lowest BCUT2D eigenvalue weighted by atomic mass is 10.1. The van der Waals surface area contributed by atoms with E-state index in [1.54, 1.807) is 0 Å². The van der Waals surface area contributed by atoms with Crippen molar-refractivity contribution in [3.05, 3.63) is 67.7 Å². The van der Waals surface area contributed by atoms with Crippen LogP contribution in [-0.4, -0.2) is 4.92 Å². The molecule has 110 valence electrons. The Morgan fingerprint density at radius 2 is 1.71 bits per heavy atom. The van der Waals surface area contributed by atoms with Gasteiger partial charge in [-0.15, -0.1) is 0 Å². The van der Waals surface area contributed by atoms with E-state index in [1.807, 2.05) is 0 Å². The molecule has 0 heterocycles. The molecular weight excluding hydrogens is 325 g/mol. The van der Waals surface area contributed by atoms with Crippen molar-refractivity contribution in [2.24, 2.45) is 0 Å². The van der Waals surface area contributed by atoms with Crippen LogP contribution in [0.4, 0.5) is 20.2 Å². The van der Waals surface area contributed by atoms with Crippen LogP contribution < -0.4 is 5.32 Å². The predicted molar refractivity (Wildman–Crippen MR) is 76.8 cm³/mol. The highest BCUT2D eigenvalue weighted by molar-refractivity contribution is 6.39. The molecule has 8 heteroatoms. The van der Waals surface area contributed by atoms with Gasteiger partial charge in [-0.25, -0.2) is 8.78 Å². The summed E-state index contributed by atoms with van der Waals surface area (Å²) in [7, 11) is 0. The number of nitro benzene ring substituents is 1. The maximum absolute atomic E-state index is 13.2. The van der Waals surface area contributed by atoms with Gasteiger partial charge in [0.15, 0.2) is 0 Å². The SMILES string of the molecule is O=[N+]([O-])c1ccc(F)cc1CNc1c(Cl)cc(F)cc1Cl. The zero-order valence-electron chi connectivity index (χ0n) is 10.4. The first-order valence-electron chi connectivity index (χ1n) is 5.69. The Morgan fingerprint density at radius 1 is 1.10 bits per heavy atom. The molecule has 2 rings (SSSR count). The van der Waals surface area contributed by atoms with Gasteiger partial charge in [-0.05, 0) is 24.3 Å². The van der Waals surface area contributed by atoms with Crippen molar-refractivity contribution in [3.63, 3.8) is 0 Å². The van der Waals surface area contributed by atoms with Crippen molar-refractivity contribution >= 4 is 34.6 Å². The van der Waals surface area contributed by atoms with Crippen molar-refractivity contribution in [1.29, 1.82) is 0 Å². The Labute approximate surface area is 128 Å². The Kier molecular flexibility index (Phi) is 4.59. The van der Waals surface area contributed by atoms with Gasteiger partial charge in [-0.2, -0.15) is 0 Å². The number of hydrogen-bond donors (Lipinski definition) is 1. The van der Waals surface area contributed by atoms with Crippen LogP contribution in [0.1, 0.15) is 5.56 Å². The molecule has 0 saturated carbocycles. The second kappa shape index (κ2) is 6.24. The van der Waals surface area contributed by atoms with Gasteiger partial charge < -0.3 is 5.32 Å². The average molecular weight is 333 g/mol. The van der Waals surface area contributed by atoms with E-state index in [0.717, 1.165) is 30.3 Å². The molecule has 0 saturated heterocycles. The molecule has 0 spiro atoms. The summed E-state index contributed by atoms with van der Waals surface area (Å²) in [6, 6.07) is 5.21. The number of halogens is 4. The Morgan fingerprint density at radius 3 is 2.29 bits per heavy atom. The van der Waals surface area contributed by atoms with Gasteiger partial charge >= 0.3 is 0 Å². The second-order valence-electron chi connectivity index (χ2n) is 4.13. The summed E-state index contributed by atoms with van der Waals surface area (Å²) in [5.41, 5.74) is 0.105. The second-order valence-corrected chi connectivity index (χ2v) is 4.94. The standard InChI is InChI=1S/C13H8Cl2F2N2O2/c14-10-4-9(17)5-11(15)13(10)18-6-7-3-8(16)1-2-12(7)19(20)21/h1-5,18H,6H2. The van der Waals surface area contributed by atoms with Crippen LogP contribution in [0, 0.1) is 21.7 Å². The molecule has 0 amide bonds. The Balaban J connectivity index is 2.28. The Bertz CT molecular complexity index is 688. The first-order valence-corrected chi connectivity index (χ1v) is 6.45. The topological polar surface area (TPSA) is 55.2 Å². The van der Waals surface area contributed by atoms with Crippen LogP contribution in [0.25, 0.3) is 0 Å². The number of nitrogens with one attached hydrogen (secondary N) is 1. The van der Waals surface area contributed by atoms with Crippen molar-refractivity contribution in [1.82, 2.24) is 0 Å². The van der Waals surface area contributed by atoms with Crippen LogP contribution >= 0.6 is 23.2 Å². The first kappa shape index (κ1) is 15.5. The molecule has 2 aromatic carbocycles. The fraction of sp³-hybridized carbons (Fsp3) is 0.0769. The van der Waals surface area contributed by atoms with E-state index in [2.05, 4.69) is 5.32 Å². The molecule has 0 aliphatic heterocycles. The minimum absolute atomic E-state index is 0.0269. The number of rotatable bonds is 4. The van der Waals surface area contributed by atoms with Gasteiger partial charge in [0.25, 0.3) is 5.69 Å². The molecule has 0 fully saturated rings.